The van der Waals surface area contributed by atoms with Gasteiger partial charge in [-0.15, -0.1) is 11.8 Å². The SMILES string of the molecule is CNCc1ccc(SCc2cc(Br)ccc2F)cc1. The Bertz CT molecular complexity index is 542. The predicted molar refractivity (Wildman–Crippen MR) is 82.9 cm³/mol. The molecule has 0 fully saturated rings. The third kappa shape index (κ3) is 4.34. The van der Waals surface area contributed by atoms with Crippen LogP contribution in [0.25, 0.3) is 0 Å². The van der Waals surface area contributed by atoms with Crippen LogP contribution in [0, 0.1) is 5.82 Å². The van der Waals surface area contributed by atoms with E-state index in [4.69, 9.17) is 0 Å². The quantitative estimate of drug-likeness (QED) is 0.799. The molecule has 0 amide bonds. The molecule has 0 aliphatic heterocycles. The molecule has 0 heterocycles. The Morgan fingerprint density at radius 1 is 1.16 bits per heavy atom. The largest absolute Gasteiger partial charge is 0.316 e. The van der Waals surface area contributed by atoms with Crippen LogP contribution >= 0.6 is 27.7 Å². The molecule has 0 saturated heterocycles. The fourth-order valence-electron chi connectivity index (χ4n) is 1.72. The van der Waals surface area contributed by atoms with E-state index in [0.717, 1.165) is 21.5 Å². The van der Waals surface area contributed by atoms with Gasteiger partial charge in [0.25, 0.3) is 0 Å². The normalized spacial score (nSPS) is 10.7. The Morgan fingerprint density at radius 3 is 2.58 bits per heavy atom. The number of hydrogen-bond acceptors (Lipinski definition) is 2. The van der Waals surface area contributed by atoms with Crippen molar-refractivity contribution in [1.82, 2.24) is 5.32 Å². The van der Waals surface area contributed by atoms with Gasteiger partial charge in [0.1, 0.15) is 5.82 Å². The Labute approximate surface area is 125 Å². The number of nitrogens with one attached hydrogen (secondary N) is 1. The van der Waals surface area contributed by atoms with Crippen LogP contribution in [0.1, 0.15) is 11.1 Å². The second-order valence-electron chi connectivity index (χ2n) is 4.20. The van der Waals surface area contributed by atoms with Crippen LogP contribution in [0.2, 0.25) is 0 Å². The first-order valence-electron chi connectivity index (χ1n) is 5.99. The van der Waals surface area contributed by atoms with Crippen LogP contribution in [0.5, 0.6) is 0 Å². The van der Waals surface area contributed by atoms with Crippen molar-refractivity contribution in [3.05, 3.63) is 63.9 Å². The first-order chi connectivity index (χ1) is 9.19. The van der Waals surface area contributed by atoms with Gasteiger partial charge in [-0.3, -0.25) is 0 Å². The van der Waals surface area contributed by atoms with Gasteiger partial charge < -0.3 is 5.32 Å². The van der Waals surface area contributed by atoms with Gasteiger partial charge in [-0.2, -0.15) is 0 Å². The highest BCUT2D eigenvalue weighted by molar-refractivity contribution is 9.10. The number of halogens is 2. The monoisotopic (exact) mass is 339 g/mol. The third-order valence-electron chi connectivity index (χ3n) is 2.71. The highest BCUT2D eigenvalue weighted by Crippen LogP contribution is 2.26. The van der Waals surface area contributed by atoms with Crippen molar-refractivity contribution >= 4 is 27.7 Å². The highest BCUT2D eigenvalue weighted by Gasteiger charge is 2.04. The van der Waals surface area contributed by atoms with Crippen molar-refractivity contribution in [3.63, 3.8) is 0 Å². The Morgan fingerprint density at radius 2 is 1.89 bits per heavy atom. The Hall–Kier alpha value is -0.840. The van der Waals surface area contributed by atoms with E-state index in [-0.39, 0.29) is 5.82 Å². The van der Waals surface area contributed by atoms with E-state index < -0.39 is 0 Å². The Balaban J connectivity index is 2.00. The van der Waals surface area contributed by atoms with E-state index in [0.29, 0.717) is 5.75 Å². The summed E-state index contributed by atoms with van der Waals surface area (Å²) in [5.74, 6) is 0.485. The van der Waals surface area contributed by atoms with Gasteiger partial charge in [-0.25, -0.2) is 4.39 Å². The van der Waals surface area contributed by atoms with Gasteiger partial charge in [0.15, 0.2) is 0 Å². The van der Waals surface area contributed by atoms with E-state index in [9.17, 15) is 4.39 Å². The average molecular weight is 340 g/mol. The molecular weight excluding hydrogens is 325 g/mol. The molecule has 1 N–H and O–H groups in total. The smallest absolute Gasteiger partial charge is 0.127 e. The van der Waals surface area contributed by atoms with Crippen molar-refractivity contribution in [2.24, 2.45) is 0 Å². The standard InChI is InChI=1S/C15H15BrFNS/c1-18-9-11-2-5-14(6-3-11)19-10-12-8-13(16)4-7-15(12)17/h2-8,18H,9-10H2,1H3. The lowest BCUT2D eigenvalue weighted by Crippen LogP contribution is -2.04. The van der Waals surface area contributed by atoms with Crippen LogP contribution < -0.4 is 5.32 Å². The molecule has 19 heavy (non-hydrogen) atoms. The molecular formula is C15H15BrFNS. The zero-order chi connectivity index (χ0) is 13.7. The molecule has 2 aromatic rings. The minimum absolute atomic E-state index is 0.150. The summed E-state index contributed by atoms with van der Waals surface area (Å²) in [4.78, 5) is 1.15. The van der Waals surface area contributed by atoms with E-state index >= 15 is 0 Å². The summed E-state index contributed by atoms with van der Waals surface area (Å²) in [5.41, 5.74) is 1.97. The summed E-state index contributed by atoms with van der Waals surface area (Å²) in [5, 5.41) is 3.11. The summed E-state index contributed by atoms with van der Waals surface area (Å²) < 4.78 is 14.5. The maximum absolute atomic E-state index is 13.6. The van der Waals surface area contributed by atoms with Gasteiger partial charge in [0.2, 0.25) is 0 Å². The Kier molecular flexibility index (Phi) is 5.43. The lowest BCUT2D eigenvalue weighted by molar-refractivity contribution is 0.617. The number of benzene rings is 2. The predicted octanol–water partition coefficient (Wildman–Crippen LogP) is 4.60. The molecule has 0 saturated carbocycles. The van der Waals surface area contributed by atoms with E-state index in [1.165, 1.54) is 11.6 Å². The zero-order valence-electron chi connectivity index (χ0n) is 10.6. The molecule has 0 aromatic heterocycles. The van der Waals surface area contributed by atoms with Gasteiger partial charge in [0, 0.05) is 21.7 Å². The molecule has 4 heteroatoms. The molecule has 2 rings (SSSR count). The molecule has 100 valence electrons. The minimum Gasteiger partial charge on any atom is -0.316 e. The molecule has 0 aliphatic rings. The highest BCUT2D eigenvalue weighted by atomic mass is 79.9. The summed E-state index contributed by atoms with van der Waals surface area (Å²) in [6, 6.07) is 13.4. The second-order valence-corrected chi connectivity index (χ2v) is 6.16. The molecule has 0 atom stereocenters. The van der Waals surface area contributed by atoms with Gasteiger partial charge in [-0.05, 0) is 48.5 Å². The van der Waals surface area contributed by atoms with Crippen molar-refractivity contribution in [1.29, 1.82) is 0 Å². The molecule has 0 spiro atoms. The minimum atomic E-state index is -0.150. The number of thioether (sulfide) groups is 1. The fraction of sp³-hybridized carbons (Fsp3) is 0.200. The van der Waals surface area contributed by atoms with Crippen molar-refractivity contribution in [3.8, 4) is 0 Å². The van der Waals surface area contributed by atoms with Crippen LogP contribution in [0.15, 0.2) is 51.8 Å². The molecule has 2 aromatic carbocycles. The lowest BCUT2D eigenvalue weighted by Gasteiger charge is -2.05. The topological polar surface area (TPSA) is 12.0 Å². The summed E-state index contributed by atoms with van der Waals surface area (Å²) >= 11 is 5.01. The maximum atomic E-state index is 13.6. The fourth-order valence-corrected chi connectivity index (χ4v) is 3.00. The third-order valence-corrected chi connectivity index (χ3v) is 4.26. The van der Waals surface area contributed by atoms with Crippen molar-refractivity contribution in [2.75, 3.05) is 7.05 Å². The maximum Gasteiger partial charge on any atom is 0.127 e. The number of hydrogen-bond donors (Lipinski definition) is 1. The first kappa shape index (κ1) is 14.6. The van der Waals surface area contributed by atoms with Gasteiger partial charge in [0.05, 0.1) is 0 Å². The van der Waals surface area contributed by atoms with E-state index in [1.807, 2.05) is 13.1 Å². The molecule has 0 unspecified atom stereocenters. The van der Waals surface area contributed by atoms with Gasteiger partial charge in [-0.1, -0.05) is 28.1 Å². The van der Waals surface area contributed by atoms with Crippen LogP contribution in [0.3, 0.4) is 0 Å². The molecule has 0 radical (unpaired) electrons. The van der Waals surface area contributed by atoms with Crippen molar-refractivity contribution < 1.29 is 4.39 Å². The van der Waals surface area contributed by atoms with Crippen LogP contribution in [-0.4, -0.2) is 7.05 Å². The molecule has 0 aliphatic carbocycles. The summed E-state index contributed by atoms with van der Waals surface area (Å²) in [6.07, 6.45) is 0. The van der Waals surface area contributed by atoms with Gasteiger partial charge >= 0.3 is 0 Å². The van der Waals surface area contributed by atoms with E-state index in [2.05, 4.69) is 45.5 Å². The zero-order valence-corrected chi connectivity index (χ0v) is 13.0. The summed E-state index contributed by atoms with van der Waals surface area (Å²) in [7, 11) is 1.93. The van der Waals surface area contributed by atoms with E-state index in [1.54, 1.807) is 17.8 Å². The average Bonchev–Trinajstić information content (AvgIpc) is 2.42. The molecule has 0 bridgehead atoms. The second kappa shape index (κ2) is 7.08. The lowest BCUT2D eigenvalue weighted by atomic mass is 10.2. The van der Waals surface area contributed by atoms with Crippen LogP contribution in [-0.2, 0) is 12.3 Å². The summed E-state index contributed by atoms with van der Waals surface area (Å²) in [6.45, 7) is 0.866. The van der Waals surface area contributed by atoms with Crippen LogP contribution in [0.4, 0.5) is 4.39 Å². The van der Waals surface area contributed by atoms with Crippen molar-refractivity contribution in [2.45, 2.75) is 17.2 Å². The first-order valence-corrected chi connectivity index (χ1v) is 7.77. The number of rotatable bonds is 5. The molecule has 1 nitrogen and oxygen atoms in total.